The van der Waals surface area contributed by atoms with Crippen LogP contribution >= 0.6 is 11.3 Å². The molecule has 5 nitrogen and oxygen atoms in total. The average Bonchev–Trinajstić information content (AvgIpc) is 2.95. The van der Waals surface area contributed by atoms with Gasteiger partial charge in [0.2, 0.25) is 0 Å². The summed E-state index contributed by atoms with van der Waals surface area (Å²) in [7, 11) is 0. The number of likely N-dealkylation sites (tertiary alicyclic amines) is 1. The van der Waals surface area contributed by atoms with Crippen molar-refractivity contribution in [3.8, 4) is 0 Å². The lowest BCUT2D eigenvalue weighted by Gasteiger charge is -2.26. The largest absolute Gasteiger partial charge is 0.338 e. The van der Waals surface area contributed by atoms with Gasteiger partial charge in [0, 0.05) is 13.1 Å². The smallest absolute Gasteiger partial charge is 0.265 e. The van der Waals surface area contributed by atoms with E-state index in [-0.39, 0.29) is 11.5 Å². The van der Waals surface area contributed by atoms with Crippen LogP contribution in [0.15, 0.2) is 24.3 Å². The first-order valence-electron chi connectivity index (χ1n) is 7.89. The molecule has 0 saturated carbocycles. The van der Waals surface area contributed by atoms with E-state index in [2.05, 4.69) is 10.3 Å². The summed E-state index contributed by atoms with van der Waals surface area (Å²) in [5.41, 5.74) is 0.536. The van der Waals surface area contributed by atoms with Crippen LogP contribution in [0.4, 0.5) is 9.52 Å². The van der Waals surface area contributed by atoms with Crippen LogP contribution in [0.3, 0.4) is 0 Å². The van der Waals surface area contributed by atoms with Gasteiger partial charge < -0.3 is 4.90 Å². The number of thiazole rings is 1. The number of carbonyl (C=O) groups excluding carboxylic acids is 2. The summed E-state index contributed by atoms with van der Waals surface area (Å²) < 4.78 is 13.7. The van der Waals surface area contributed by atoms with Gasteiger partial charge >= 0.3 is 0 Å². The Morgan fingerprint density at radius 1 is 1.21 bits per heavy atom. The number of benzene rings is 1. The predicted octanol–water partition coefficient (Wildman–Crippen LogP) is 3.47. The molecule has 2 heterocycles. The lowest BCUT2D eigenvalue weighted by atomic mass is 10.1. The highest BCUT2D eigenvalue weighted by molar-refractivity contribution is 7.17. The molecule has 1 aliphatic heterocycles. The minimum absolute atomic E-state index is 0.0453. The first kappa shape index (κ1) is 16.6. The number of hydrogen-bond acceptors (Lipinski definition) is 4. The van der Waals surface area contributed by atoms with Crippen molar-refractivity contribution in [2.75, 3.05) is 18.4 Å². The van der Waals surface area contributed by atoms with Gasteiger partial charge in [-0.05, 0) is 38.3 Å². The van der Waals surface area contributed by atoms with Crippen LogP contribution in [0.25, 0.3) is 0 Å². The van der Waals surface area contributed by atoms with Crippen LogP contribution in [0.5, 0.6) is 0 Å². The molecule has 0 radical (unpaired) electrons. The molecule has 0 unspecified atom stereocenters. The molecule has 2 aromatic rings. The van der Waals surface area contributed by atoms with Crippen molar-refractivity contribution in [2.45, 2.75) is 26.2 Å². The maximum absolute atomic E-state index is 13.7. The van der Waals surface area contributed by atoms with E-state index in [9.17, 15) is 14.0 Å². The minimum atomic E-state index is -0.590. The Kier molecular flexibility index (Phi) is 4.89. The van der Waals surface area contributed by atoms with Crippen LogP contribution in [0, 0.1) is 12.7 Å². The number of nitrogens with zero attached hydrogens (tertiary/aromatic N) is 2. The van der Waals surface area contributed by atoms with Crippen molar-refractivity contribution >= 4 is 28.3 Å². The maximum atomic E-state index is 13.7. The van der Waals surface area contributed by atoms with Crippen molar-refractivity contribution in [3.63, 3.8) is 0 Å². The summed E-state index contributed by atoms with van der Waals surface area (Å²) in [6, 6.07) is 5.75. The van der Waals surface area contributed by atoms with Crippen molar-refractivity contribution in [2.24, 2.45) is 0 Å². The Labute approximate surface area is 143 Å². The normalized spacial score (nSPS) is 14.5. The summed E-state index contributed by atoms with van der Waals surface area (Å²) in [4.78, 5) is 31.3. The van der Waals surface area contributed by atoms with Gasteiger partial charge in [0.05, 0.1) is 11.3 Å². The van der Waals surface area contributed by atoms with Crippen LogP contribution in [-0.4, -0.2) is 34.8 Å². The Balaban J connectivity index is 1.75. The monoisotopic (exact) mass is 347 g/mol. The number of aromatic nitrogens is 1. The molecular weight excluding hydrogens is 329 g/mol. The van der Waals surface area contributed by atoms with E-state index in [1.54, 1.807) is 13.0 Å². The van der Waals surface area contributed by atoms with Crippen LogP contribution in [-0.2, 0) is 0 Å². The molecule has 1 aromatic carbocycles. The van der Waals surface area contributed by atoms with E-state index < -0.39 is 11.7 Å². The van der Waals surface area contributed by atoms with Gasteiger partial charge in [0.15, 0.2) is 5.13 Å². The van der Waals surface area contributed by atoms with Crippen molar-refractivity contribution < 1.29 is 14.0 Å². The van der Waals surface area contributed by atoms with Gasteiger partial charge in [-0.3, -0.25) is 14.9 Å². The molecule has 0 atom stereocenters. The summed E-state index contributed by atoms with van der Waals surface area (Å²) >= 11 is 1.13. The van der Waals surface area contributed by atoms with Crippen molar-refractivity contribution in [1.82, 2.24) is 9.88 Å². The fraction of sp³-hybridized carbons (Fsp3) is 0.353. The second-order valence-corrected chi connectivity index (χ2v) is 6.72. The Bertz CT molecular complexity index is 769. The highest BCUT2D eigenvalue weighted by Crippen LogP contribution is 2.26. The molecule has 0 spiro atoms. The van der Waals surface area contributed by atoms with E-state index in [1.165, 1.54) is 18.2 Å². The average molecular weight is 347 g/mol. The number of rotatable bonds is 3. The number of anilines is 1. The molecule has 0 bridgehead atoms. The molecule has 1 N–H and O–H groups in total. The summed E-state index contributed by atoms with van der Waals surface area (Å²) in [6.07, 6.45) is 3.18. The van der Waals surface area contributed by atoms with E-state index in [0.717, 1.165) is 43.7 Å². The minimum Gasteiger partial charge on any atom is -0.338 e. The predicted molar refractivity (Wildman–Crippen MR) is 91.0 cm³/mol. The molecule has 3 rings (SSSR count). The molecule has 1 aromatic heterocycles. The zero-order valence-corrected chi connectivity index (χ0v) is 14.2. The number of aryl methyl sites for hydroxylation is 1. The van der Waals surface area contributed by atoms with Gasteiger partial charge in [-0.25, -0.2) is 9.37 Å². The third kappa shape index (κ3) is 3.46. The first-order chi connectivity index (χ1) is 11.6. The lowest BCUT2D eigenvalue weighted by molar-refractivity contribution is 0.0728. The van der Waals surface area contributed by atoms with E-state index >= 15 is 0 Å². The van der Waals surface area contributed by atoms with Crippen molar-refractivity contribution in [1.29, 1.82) is 0 Å². The molecule has 0 aliphatic carbocycles. The van der Waals surface area contributed by atoms with Crippen LogP contribution in [0.2, 0.25) is 0 Å². The lowest BCUT2D eigenvalue weighted by Crippen LogP contribution is -2.35. The van der Waals surface area contributed by atoms with Gasteiger partial charge in [0.25, 0.3) is 11.8 Å². The molecular formula is C17H18FN3O2S. The van der Waals surface area contributed by atoms with Crippen LogP contribution in [0.1, 0.15) is 45.0 Å². The molecule has 1 saturated heterocycles. The fourth-order valence-corrected chi connectivity index (χ4v) is 3.63. The number of hydrogen-bond donors (Lipinski definition) is 1. The van der Waals surface area contributed by atoms with Gasteiger partial charge in [0.1, 0.15) is 10.7 Å². The Morgan fingerprint density at radius 2 is 1.92 bits per heavy atom. The van der Waals surface area contributed by atoms with Gasteiger partial charge in [-0.1, -0.05) is 23.5 Å². The standard InChI is InChI=1S/C17H18FN3O2S/c1-11-14(16(23)21-9-5-2-6-10-21)24-17(19-11)20-15(22)12-7-3-4-8-13(12)18/h3-4,7-8H,2,5-6,9-10H2,1H3,(H,19,20,22). The third-order valence-electron chi connectivity index (χ3n) is 3.97. The van der Waals surface area contributed by atoms with Gasteiger partial charge in [-0.2, -0.15) is 0 Å². The fourth-order valence-electron chi connectivity index (χ4n) is 2.70. The van der Waals surface area contributed by atoms with E-state index in [1.807, 2.05) is 4.90 Å². The Morgan fingerprint density at radius 3 is 2.62 bits per heavy atom. The van der Waals surface area contributed by atoms with E-state index in [0.29, 0.717) is 15.7 Å². The topological polar surface area (TPSA) is 62.3 Å². The summed E-state index contributed by atoms with van der Waals surface area (Å²) in [5, 5.41) is 2.88. The van der Waals surface area contributed by atoms with E-state index in [4.69, 9.17) is 0 Å². The summed E-state index contributed by atoms with van der Waals surface area (Å²) in [6.45, 7) is 3.26. The second kappa shape index (κ2) is 7.09. The summed E-state index contributed by atoms with van der Waals surface area (Å²) in [5.74, 6) is -1.21. The second-order valence-electron chi connectivity index (χ2n) is 5.72. The number of piperidine rings is 1. The molecule has 1 fully saturated rings. The number of nitrogens with one attached hydrogen (secondary N) is 1. The number of halogens is 1. The first-order valence-corrected chi connectivity index (χ1v) is 8.70. The molecule has 1 aliphatic rings. The molecule has 24 heavy (non-hydrogen) atoms. The highest BCUT2D eigenvalue weighted by atomic mass is 32.1. The number of carbonyl (C=O) groups is 2. The van der Waals surface area contributed by atoms with Gasteiger partial charge in [-0.15, -0.1) is 0 Å². The number of amides is 2. The van der Waals surface area contributed by atoms with Crippen LogP contribution < -0.4 is 5.32 Å². The quantitative estimate of drug-likeness (QED) is 0.925. The zero-order chi connectivity index (χ0) is 17.1. The zero-order valence-electron chi connectivity index (χ0n) is 13.3. The SMILES string of the molecule is Cc1nc(NC(=O)c2ccccc2F)sc1C(=O)N1CCCCC1. The molecule has 7 heteroatoms. The molecule has 2 amide bonds. The highest BCUT2D eigenvalue weighted by Gasteiger charge is 2.23. The Hall–Kier alpha value is -2.28. The van der Waals surface area contributed by atoms with Crippen molar-refractivity contribution in [3.05, 3.63) is 46.2 Å². The molecule has 126 valence electrons. The maximum Gasteiger partial charge on any atom is 0.265 e. The third-order valence-corrected chi connectivity index (χ3v) is 5.03.